The van der Waals surface area contributed by atoms with E-state index in [0.29, 0.717) is 0 Å². The molecule has 2 N–H and O–H groups in total. The van der Waals surface area contributed by atoms with Gasteiger partial charge in [0.1, 0.15) is 5.75 Å². The van der Waals surface area contributed by atoms with Crippen LogP contribution in [0.5, 0.6) is 5.75 Å². The number of aromatic amines is 2. The van der Waals surface area contributed by atoms with E-state index in [1.165, 1.54) is 5.56 Å². The molecule has 0 fully saturated rings. The molecule has 3 rings (SSSR count). The molecule has 0 saturated carbocycles. The highest BCUT2D eigenvalue weighted by atomic mass is 16.5. The minimum absolute atomic E-state index is 0.751. The van der Waals surface area contributed by atoms with Gasteiger partial charge in [-0.05, 0) is 17.7 Å². The molecule has 5 heteroatoms. The molecule has 0 unspecified atom stereocenters. The van der Waals surface area contributed by atoms with Crippen LogP contribution < -0.4 is 4.74 Å². The average molecular weight is 254 g/mol. The highest BCUT2D eigenvalue weighted by molar-refractivity contribution is 5.43. The van der Waals surface area contributed by atoms with E-state index in [4.69, 9.17) is 4.74 Å². The lowest BCUT2D eigenvalue weighted by Gasteiger charge is -2.01. The number of methoxy groups -OCH3 is 1. The molecule has 0 aliphatic heterocycles. The number of rotatable bonds is 4. The molecule has 0 bridgehead atoms. The molecule has 96 valence electrons. The summed E-state index contributed by atoms with van der Waals surface area (Å²) in [5.74, 6) is 2.37. The zero-order valence-corrected chi connectivity index (χ0v) is 10.6. The molecule has 2 heterocycles. The summed E-state index contributed by atoms with van der Waals surface area (Å²) in [6.07, 6.45) is 6.13. The predicted molar refractivity (Wildman–Crippen MR) is 72.0 cm³/mol. The molecule has 2 aromatic heterocycles. The molecular formula is C14H14N4O. The van der Waals surface area contributed by atoms with Crippen molar-refractivity contribution < 1.29 is 4.74 Å². The molecule has 0 spiro atoms. The summed E-state index contributed by atoms with van der Waals surface area (Å²) in [4.78, 5) is 14.8. The molecule has 19 heavy (non-hydrogen) atoms. The number of hydrogen-bond acceptors (Lipinski definition) is 3. The van der Waals surface area contributed by atoms with Gasteiger partial charge in [-0.25, -0.2) is 9.97 Å². The van der Waals surface area contributed by atoms with Crippen LogP contribution in [0.2, 0.25) is 0 Å². The average Bonchev–Trinajstić information content (AvgIpc) is 3.10. The van der Waals surface area contributed by atoms with Gasteiger partial charge in [0.2, 0.25) is 0 Å². The third kappa shape index (κ3) is 2.49. The van der Waals surface area contributed by atoms with Crippen LogP contribution in [0, 0.1) is 0 Å². The van der Waals surface area contributed by atoms with Crippen LogP contribution in [0.4, 0.5) is 0 Å². The molecule has 3 aromatic rings. The van der Waals surface area contributed by atoms with Gasteiger partial charge in [-0.3, -0.25) is 0 Å². The van der Waals surface area contributed by atoms with Crippen molar-refractivity contribution in [3.8, 4) is 17.4 Å². The third-order valence-electron chi connectivity index (χ3n) is 2.90. The van der Waals surface area contributed by atoms with Crippen LogP contribution in [-0.2, 0) is 6.42 Å². The van der Waals surface area contributed by atoms with Crippen molar-refractivity contribution in [2.24, 2.45) is 0 Å². The molecular weight excluding hydrogens is 240 g/mol. The van der Waals surface area contributed by atoms with Gasteiger partial charge in [-0.2, -0.15) is 0 Å². The maximum atomic E-state index is 5.14. The zero-order chi connectivity index (χ0) is 13.1. The lowest BCUT2D eigenvalue weighted by Crippen LogP contribution is -1.90. The summed E-state index contributed by atoms with van der Waals surface area (Å²) >= 11 is 0. The summed E-state index contributed by atoms with van der Waals surface area (Å²) in [6, 6.07) is 8.01. The molecule has 0 saturated heterocycles. The van der Waals surface area contributed by atoms with Crippen molar-refractivity contribution >= 4 is 0 Å². The van der Waals surface area contributed by atoms with Crippen LogP contribution in [0.3, 0.4) is 0 Å². The van der Waals surface area contributed by atoms with Gasteiger partial charge in [0.25, 0.3) is 0 Å². The Kier molecular flexibility index (Phi) is 3.02. The Morgan fingerprint density at radius 3 is 2.63 bits per heavy atom. The molecule has 0 atom stereocenters. The summed E-state index contributed by atoms with van der Waals surface area (Å²) in [6.45, 7) is 0. The minimum Gasteiger partial charge on any atom is -0.497 e. The first-order valence-corrected chi connectivity index (χ1v) is 6.02. The van der Waals surface area contributed by atoms with Crippen LogP contribution in [0.15, 0.2) is 42.9 Å². The third-order valence-corrected chi connectivity index (χ3v) is 2.90. The first kappa shape index (κ1) is 11.5. The van der Waals surface area contributed by atoms with E-state index in [1.807, 2.05) is 30.5 Å². The van der Waals surface area contributed by atoms with Gasteiger partial charge in [0.15, 0.2) is 11.6 Å². The maximum absolute atomic E-state index is 5.14. The van der Waals surface area contributed by atoms with Crippen LogP contribution in [0.1, 0.15) is 11.3 Å². The van der Waals surface area contributed by atoms with Gasteiger partial charge in [-0.1, -0.05) is 12.1 Å². The SMILES string of the molecule is COc1ccc(Cc2cnc(-c3ncc[nH]3)[nH]2)cc1. The first-order valence-electron chi connectivity index (χ1n) is 6.02. The van der Waals surface area contributed by atoms with Gasteiger partial charge in [0, 0.05) is 30.7 Å². The minimum atomic E-state index is 0.751. The fraction of sp³-hybridized carbons (Fsp3) is 0.143. The monoisotopic (exact) mass is 254 g/mol. The number of aromatic nitrogens is 4. The second kappa shape index (κ2) is 4.97. The molecule has 0 radical (unpaired) electrons. The molecule has 1 aromatic carbocycles. The van der Waals surface area contributed by atoms with E-state index in [1.54, 1.807) is 19.5 Å². The fourth-order valence-electron chi connectivity index (χ4n) is 1.93. The molecule has 0 aliphatic carbocycles. The first-order chi connectivity index (χ1) is 9.35. The highest BCUT2D eigenvalue weighted by Gasteiger charge is 2.06. The van der Waals surface area contributed by atoms with E-state index in [2.05, 4.69) is 19.9 Å². The Morgan fingerprint density at radius 2 is 1.95 bits per heavy atom. The van der Waals surface area contributed by atoms with Crippen molar-refractivity contribution in [1.29, 1.82) is 0 Å². The normalized spacial score (nSPS) is 10.6. The van der Waals surface area contributed by atoms with Gasteiger partial charge in [-0.15, -0.1) is 0 Å². The Labute approximate surface area is 110 Å². The van der Waals surface area contributed by atoms with E-state index >= 15 is 0 Å². The van der Waals surface area contributed by atoms with Crippen LogP contribution in [-0.4, -0.2) is 27.0 Å². The number of hydrogen-bond donors (Lipinski definition) is 2. The van der Waals surface area contributed by atoms with E-state index in [0.717, 1.165) is 29.5 Å². The fourth-order valence-corrected chi connectivity index (χ4v) is 1.93. The molecule has 5 nitrogen and oxygen atoms in total. The lowest BCUT2D eigenvalue weighted by atomic mass is 10.1. The lowest BCUT2D eigenvalue weighted by molar-refractivity contribution is 0.414. The second-order valence-electron chi connectivity index (χ2n) is 4.22. The van der Waals surface area contributed by atoms with Crippen molar-refractivity contribution in [2.75, 3.05) is 7.11 Å². The van der Waals surface area contributed by atoms with Gasteiger partial charge in [0.05, 0.1) is 7.11 Å². The van der Waals surface area contributed by atoms with Crippen molar-refractivity contribution in [1.82, 2.24) is 19.9 Å². The predicted octanol–water partition coefficient (Wildman–Crippen LogP) is 2.40. The van der Waals surface area contributed by atoms with Crippen LogP contribution in [0.25, 0.3) is 11.6 Å². The summed E-state index contributed by atoms with van der Waals surface area (Å²) in [5, 5.41) is 0. The summed E-state index contributed by atoms with van der Waals surface area (Å²) in [5.41, 5.74) is 2.26. The topological polar surface area (TPSA) is 66.6 Å². The zero-order valence-electron chi connectivity index (χ0n) is 10.6. The number of imidazole rings is 2. The largest absolute Gasteiger partial charge is 0.497 e. The Hall–Kier alpha value is -2.56. The quantitative estimate of drug-likeness (QED) is 0.751. The number of ether oxygens (including phenoxy) is 1. The smallest absolute Gasteiger partial charge is 0.173 e. The Bertz CT molecular complexity index is 640. The van der Waals surface area contributed by atoms with Crippen molar-refractivity contribution in [3.63, 3.8) is 0 Å². The van der Waals surface area contributed by atoms with Crippen molar-refractivity contribution in [2.45, 2.75) is 6.42 Å². The second-order valence-corrected chi connectivity index (χ2v) is 4.22. The molecule has 0 aliphatic rings. The van der Waals surface area contributed by atoms with Gasteiger partial charge >= 0.3 is 0 Å². The highest BCUT2D eigenvalue weighted by Crippen LogP contribution is 2.16. The molecule has 0 amide bonds. The Morgan fingerprint density at radius 1 is 1.11 bits per heavy atom. The maximum Gasteiger partial charge on any atom is 0.173 e. The summed E-state index contributed by atoms with van der Waals surface area (Å²) < 4.78 is 5.14. The van der Waals surface area contributed by atoms with E-state index in [9.17, 15) is 0 Å². The number of nitrogens with one attached hydrogen (secondary N) is 2. The van der Waals surface area contributed by atoms with Gasteiger partial charge < -0.3 is 14.7 Å². The Balaban J connectivity index is 1.76. The summed E-state index contributed by atoms with van der Waals surface area (Å²) in [7, 11) is 1.67. The van der Waals surface area contributed by atoms with E-state index in [-0.39, 0.29) is 0 Å². The number of nitrogens with zero attached hydrogens (tertiary/aromatic N) is 2. The number of H-pyrrole nitrogens is 2. The van der Waals surface area contributed by atoms with Crippen molar-refractivity contribution in [3.05, 3.63) is 54.1 Å². The number of benzene rings is 1. The van der Waals surface area contributed by atoms with Crippen LogP contribution >= 0.6 is 0 Å². The van der Waals surface area contributed by atoms with E-state index < -0.39 is 0 Å². The standard InChI is InChI=1S/C14H14N4O/c1-19-12-4-2-10(3-5-12)8-11-9-17-14(18-11)13-15-6-7-16-13/h2-7,9H,8H2,1H3,(H,15,16)(H,17,18).